The number of rotatable bonds is 3. The van der Waals surface area contributed by atoms with Crippen LogP contribution in [0.3, 0.4) is 0 Å². The molecule has 0 atom stereocenters. The fourth-order valence-electron chi connectivity index (χ4n) is 2.76. The first kappa shape index (κ1) is 16.3. The number of carbonyl (C=O) groups excluding carboxylic acids is 1. The third-order valence-electron chi connectivity index (χ3n) is 4.30. The Morgan fingerprint density at radius 2 is 1.96 bits per heavy atom. The first-order chi connectivity index (χ1) is 11.5. The van der Waals surface area contributed by atoms with Gasteiger partial charge in [-0.2, -0.15) is 0 Å². The molecule has 1 aliphatic heterocycles. The van der Waals surface area contributed by atoms with Gasteiger partial charge in [0.25, 0.3) is 0 Å². The number of hydrogen-bond donors (Lipinski definition) is 0. The number of aryl methyl sites for hydroxylation is 1. The first-order valence-corrected chi connectivity index (χ1v) is 7.70. The van der Waals surface area contributed by atoms with Crippen LogP contribution in [0, 0.1) is 25.5 Å². The first-order valence-electron chi connectivity index (χ1n) is 7.70. The summed E-state index contributed by atoms with van der Waals surface area (Å²) in [5.74, 6) is -0.612. The smallest absolute Gasteiger partial charge is 0.242 e. The van der Waals surface area contributed by atoms with Crippen molar-refractivity contribution in [3.8, 4) is 0 Å². The van der Waals surface area contributed by atoms with E-state index in [1.165, 1.54) is 18.5 Å². The van der Waals surface area contributed by atoms with E-state index in [0.29, 0.717) is 18.7 Å². The molecule has 1 saturated heterocycles. The molecular weight excluding hydrogens is 314 g/mol. The van der Waals surface area contributed by atoms with E-state index in [2.05, 4.69) is 9.97 Å². The second-order valence-electron chi connectivity index (χ2n) is 5.88. The van der Waals surface area contributed by atoms with Crippen molar-refractivity contribution in [3.63, 3.8) is 0 Å². The molecule has 0 N–H and O–H groups in total. The molecule has 5 nitrogen and oxygen atoms in total. The quantitative estimate of drug-likeness (QED) is 0.865. The number of amides is 1. The number of benzene rings is 1. The van der Waals surface area contributed by atoms with E-state index in [1.807, 2.05) is 18.7 Å². The summed E-state index contributed by atoms with van der Waals surface area (Å²) < 4.78 is 26.7. The lowest BCUT2D eigenvalue weighted by Crippen LogP contribution is -2.50. The Morgan fingerprint density at radius 3 is 2.67 bits per heavy atom. The minimum atomic E-state index is -0.632. The summed E-state index contributed by atoms with van der Waals surface area (Å²) in [4.78, 5) is 24.3. The minimum absolute atomic E-state index is 0.111. The van der Waals surface area contributed by atoms with Crippen LogP contribution in [-0.2, 0) is 11.3 Å². The number of anilines is 1. The lowest BCUT2D eigenvalue weighted by molar-refractivity contribution is -0.131. The molecule has 2 aromatic rings. The predicted molar refractivity (Wildman–Crippen MR) is 85.5 cm³/mol. The van der Waals surface area contributed by atoms with Crippen molar-refractivity contribution in [2.24, 2.45) is 0 Å². The highest BCUT2D eigenvalue weighted by atomic mass is 19.1. The lowest BCUT2D eigenvalue weighted by Gasteiger charge is -2.35. The Hall–Kier alpha value is -2.57. The largest absolute Gasteiger partial charge is 0.345 e. The van der Waals surface area contributed by atoms with Crippen LogP contribution in [0.15, 0.2) is 24.5 Å². The van der Waals surface area contributed by atoms with E-state index >= 15 is 0 Å². The number of hydrogen-bond acceptors (Lipinski definition) is 4. The van der Waals surface area contributed by atoms with Gasteiger partial charge in [-0.3, -0.25) is 4.79 Å². The molecule has 126 valence electrons. The maximum Gasteiger partial charge on any atom is 0.242 e. The Balaban J connectivity index is 1.71. The predicted octanol–water partition coefficient (Wildman–Crippen LogP) is 2.22. The van der Waals surface area contributed by atoms with Gasteiger partial charge in [-0.25, -0.2) is 18.7 Å². The molecule has 1 aromatic heterocycles. The second-order valence-corrected chi connectivity index (χ2v) is 5.88. The van der Waals surface area contributed by atoms with Crippen LogP contribution in [0.25, 0.3) is 0 Å². The Labute approximate surface area is 138 Å². The van der Waals surface area contributed by atoms with Gasteiger partial charge >= 0.3 is 0 Å². The molecule has 0 radical (unpaired) electrons. The number of carbonyl (C=O) groups is 1. The van der Waals surface area contributed by atoms with Crippen LogP contribution in [0.1, 0.15) is 16.8 Å². The van der Waals surface area contributed by atoms with Gasteiger partial charge in [-0.15, -0.1) is 0 Å². The van der Waals surface area contributed by atoms with Crippen molar-refractivity contribution >= 4 is 11.7 Å². The molecular formula is C17H18F2N4O. The van der Waals surface area contributed by atoms with Crippen LogP contribution in [-0.4, -0.2) is 40.4 Å². The van der Waals surface area contributed by atoms with Crippen molar-refractivity contribution in [3.05, 3.63) is 53.0 Å². The molecule has 0 bridgehead atoms. The standard InChI is InChI=1S/C17H18F2N4O/c1-11-12(2)20-10-21-17(11)23-6-5-22(16(24)9-23)8-13-3-4-14(18)7-15(13)19/h3-4,7,10H,5-6,8-9H2,1-2H3. The van der Waals surface area contributed by atoms with Gasteiger partial charge in [0.05, 0.1) is 6.54 Å². The molecule has 1 aliphatic rings. The maximum atomic E-state index is 13.8. The van der Waals surface area contributed by atoms with E-state index in [4.69, 9.17) is 0 Å². The fourth-order valence-corrected chi connectivity index (χ4v) is 2.76. The zero-order chi connectivity index (χ0) is 17.3. The average molecular weight is 332 g/mol. The fraction of sp³-hybridized carbons (Fsp3) is 0.353. The number of nitrogens with zero attached hydrogens (tertiary/aromatic N) is 4. The van der Waals surface area contributed by atoms with Crippen LogP contribution >= 0.6 is 0 Å². The van der Waals surface area contributed by atoms with Crippen LogP contribution in [0.5, 0.6) is 0 Å². The van der Waals surface area contributed by atoms with Gasteiger partial charge in [0, 0.05) is 42.5 Å². The van der Waals surface area contributed by atoms with E-state index < -0.39 is 11.6 Å². The third kappa shape index (κ3) is 3.20. The summed E-state index contributed by atoms with van der Waals surface area (Å²) in [7, 11) is 0. The molecule has 1 amide bonds. The molecule has 3 rings (SSSR count). The molecule has 0 spiro atoms. The van der Waals surface area contributed by atoms with Gasteiger partial charge in [-0.1, -0.05) is 6.07 Å². The SMILES string of the molecule is Cc1ncnc(N2CCN(Cc3ccc(F)cc3F)C(=O)C2)c1C. The zero-order valence-corrected chi connectivity index (χ0v) is 13.6. The van der Waals surface area contributed by atoms with Crippen molar-refractivity contribution in [2.75, 3.05) is 24.5 Å². The highest BCUT2D eigenvalue weighted by Crippen LogP contribution is 2.21. The summed E-state index contributed by atoms with van der Waals surface area (Å²) >= 11 is 0. The molecule has 2 heterocycles. The van der Waals surface area contributed by atoms with E-state index in [-0.39, 0.29) is 19.0 Å². The van der Waals surface area contributed by atoms with Crippen LogP contribution in [0.4, 0.5) is 14.6 Å². The molecule has 0 aliphatic carbocycles. The molecule has 1 fully saturated rings. The molecule has 0 saturated carbocycles. The number of halogens is 2. The maximum absolute atomic E-state index is 13.8. The Kier molecular flexibility index (Phi) is 4.42. The normalized spacial score (nSPS) is 15.1. The van der Waals surface area contributed by atoms with Crippen molar-refractivity contribution < 1.29 is 13.6 Å². The molecule has 1 aromatic carbocycles. The molecule has 7 heteroatoms. The molecule has 24 heavy (non-hydrogen) atoms. The minimum Gasteiger partial charge on any atom is -0.345 e. The van der Waals surface area contributed by atoms with Gasteiger partial charge in [0.15, 0.2) is 0 Å². The van der Waals surface area contributed by atoms with Gasteiger partial charge in [0.1, 0.15) is 23.8 Å². The lowest BCUT2D eigenvalue weighted by atomic mass is 10.1. The average Bonchev–Trinajstić information content (AvgIpc) is 2.54. The van der Waals surface area contributed by atoms with Crippen molar-refractivity contribution in [2.45, 2.75) is 20.4 Å². The van der Waals surface area contributed by atoms with E-state index in [0.717, 1.165) is 23.1 Å². The molecule has 0 unspecified atom stereocenters. The monoisotopic (exact) mass is 332 g/mol. The zero-order valence-electron chi connectivity index (χ0n) is 13.6. The number of aromatic nitrogens is 2. The highest BCUT2D eigenvalue weighted by molar-refractivity contribution is 5.82. The van der Waals surface area contributed by atoms with Crippen LogP contribution in [0.2, 0.25) is 0 Å². The summed E-state index contributed by atoms with van der Waals surface area (Å²) in [5.41, 5.74) is 2.14. The Morgan fingerprint density at radius 1 is 1.17 bits per heavy atom. The summed E-state index contributed by atoms with van der Waals surface area (Å²) in [6, 6.07) is 3.41. The van der Waals surface area contributed by atoms with Gasteiger partial charge in [0.2, 0.25) is 5.91 Å². The topological polar surface area (TPSA) is 49.3 Å². The highest BCUT2D eigenvalue weighted by Gasteiger charge is 2.26. The van der Waals surface area contributed by atoms with Gasteiger partial charge in [-0.05, 0) is 19.9 Å². The summed E-state index contributed by atoms with van der Waals surface area (Å²) in [6.45, 7) is 5.20. The van der Waals surface area contributed by atoms with Crippen LogP contribution < -0.4 is 4.90 Å². The van der Waals surface area contributed by atoms with Gasteiger partial charge < -0.3 is 9.80 Å². The third-order valence-corrected chi connectivity index (χ3v) is 4.30. The Bertz CT molecular complexity index is 781. The summed E-state index contributed by atoms with van der Waals surface area (Å²) in [5, 5.41) is 0. The van der Waals surface area contributed by atoms with Crippen molar-refractivity contribution in [1.82, 2.24) is 14.9 Å². The summed E-state index contributed by atoms with van der Waals surface area (Å²) in [6.07, 6.45) is 1.49. The second kappa shape index (κ2) is 6.51. The van der Waals surface area contributed by atoms with E-state index in [9.17, 15) is 13.6 Å². The van der Waals surface area contributed by atoms with Crippen molar-refractivity contribution in [1.29, 1.82) is 0 Å². The van der Waals surface area contributed by atoms with E-state index in [1.54, 1.807) is 4.90 Å². The number of piperazine rings is 1.